The van der Waals surface area contributed by atoms with E-state index in [1.165, 1.54) is 0 Å². The first-order valence-corrected chi connectivity index (χ1v) is 4.19. The first-order chi connectivity index (χ1) is 4.00. The molecule has 0 aliphatic carbocycles. The predicted octanol–water partition coefficient (Wildman–Crippen LogP) is -5.93. The molecule has 1 radical (unpaired) electrons. The van der Waals surface area contributed by atoms with Crippen LogP contribution in [0.25, 0.3) is 0 Å². The molecule has 0 fully saturated rings. The molecule has 0 aromatic carbocycles. The first-order valence-electron chi connectivity index (χ1n) is 1.40. The zero-order valence-corrected chi connectivity index (χ0v) is 11.5. The van der Waals surface area contributed by atoms with E-state index in [-0.39, 0.29) is 62.2 Å². The minimum absolute atomic E-state index is 0. The summed E-state index contributed by atoms with van der Waals surface area (Å²) >= 11 is 0. The van der Waals surface area contributed by atoms with E-state index < -0.39 is 20.8 Å². The summed E-state index contributed by atoms with van der Waals surface area (Å²) in [6.07, 6.45) is 0. The molecule has 22 N–H and O–H groups in total. The van der Waals surface area contributed by atoms with E-state index >= 15 is 0 Å². The standard InChI is InChI=1S/Cu.2H3N.2H2O4S.6H2O/c;;;2*1-5(2,3)4;;;;;;/h;2*1H3;2*(H2,1,2,3,4);6*1H2. The summed E-state index contributed by atoms with van der Waals surface area (Å²) in [6, 6.07) is 0. The van der Waals surface area contributed by atoms with E-state index in [2.05, 4.69) is 0 Å². The van der Waals surface area contributed by atoms with Crippen molar-refractivity contribution in [2.75, 3.05) is 0 Å². The fourth-order valence-electron chi connectivity index (χ4n) is 0. The SMILES string of the molecule is N.N.O.O.O.O.O.O.O=S(=O)(O)O.O=S(=O)(O)O.[Cu]. The van der Waals surface area contributed by atoms with Crippen LogP contribution in [0.5, 0.6) is 0 Å². The summed E-state index contributed by atoms with van der Waals surface area (Å²) in [5.74, 6) is 0. The number of hydrogen-bond donors (Lipinski definition) is 6. The van der Waals surface area contributed by atoms with Gasteiger partial charge in [-0.1, -0.05) is 0 Å². The molecule has 0 rings (SSSR count). The maximum atomic E-state index is 8.74. The maximum Gasteiger partial charge on any atom is 0.394 e. The van der Waals surface area contributed by atoms with E-state index in [0.29, 0.717) is 0 Å². The Kier molecular flexibility index (Phi) is 184. The van der Waals surface area contributed by atoms with Crippen LogP contribution in [-0.4, -0.2) is 67.9 Å². The van der Waals surface area contributed by atoms with Crippen LogP contribution in [0.4, 0.5) is 0 Å². The third kappa shape index (κ3) is 1240000. The second-order valence-electron chi connectivity index (χ2n) is 0.896. The zero-order chi connectivity index (χ0) is 9.00. The van der Waals surface area contributed by atoms with Gasteiger partial charge in [-0.15, -0.1) is 0 Å². The van der Waals surface area contributed by atoms with Crippen molar-refractivity contribution in [3.05, 3.63) is 0 Å². The van der Waals surface area contributed by atoms with Gasteiger partial charge in [-0.25, -0.2) is 0 Å². The van der Waals surface area contributed by atoms with Crippen molar-refractivity contribution < 1.29 is 85.0 Å². The van der Waals surface area contributed by atoms with Gasteiger partial charge in [-0.2, -0.15) is 16.8 Å². The maximum absolute atomic E-state index is 8.74. The molecule has 0 aromatic heterocycles. The monoisotopic (exact) mass is 401 g/mol. The van der Waals surface area contributed by atoms with Gasteiger partial charge in [0.15, 0.2) is 0 Å². The molecule has 0 aromatic rings. The van der Waals surface area contributed by atoms with Crippen LogP contribution in [0.1, 0.15) is 0 Å². The molecular formula is H22CuN2O14S2. The van der Waals surface area contributed by atoms with Gasteiger partial charge in [0, 0.05) is 17.1 Å². The normalized spacial score (nSPS) is 6.11. The van der Waals surface area contributed by atoms with Crippen LogP contribution in [0.2, 0.25) is 0 Å². The summed E-state index contributed by atoms with van der Waals surface area (Å²) in [4.78, 5) is 0. The first kappa shape index (κ1) is 96.7. The fraction of sp³-hybridized carbons (Fsp3) is 0. The van der Waals surface area contributed by atoms with Crippen molar-refractivity contribution in [1.82, 2.24) is 12.3 Å². The van der Waals surface area contributed by atoms with E-state index in [9.17, 15) is 0 Å². The van der Waals surface area contributed by atoms with E-state index in [0.717, 1.165) is 0 Å². The Balaban J connectivity index is -0.00000000508. The topological polar surface area (TPSA) is 408 Å². The van der Waals surface area contributed by atoms with Crippen molar-refractivity contribution in [1.29, 1.82) is 0 Å². The molecule has 0 heterocycles. The van der Waals surface area contributed by atoms with E-state index in [4.69, 9.17) is 35.0 Å². The second kappa shape index (κ2) is 36.1. The van der Waals surface area contributed by atoms with Gasteiger partial charge in [-0.3, -0.25) is 18.2 Å². The van der Waals surface area contributed by atoms with Crippen LogP contribution >= 0.6 is 0 Å². The molecule has 0 unspecified atom stereocenters. The van der Waals surface area contributed by atoms with Gasteiger partial charge in [0.25, 0.3) is 0 Å². The van der Waals surface area contributed by atoms with Gasteiger partial charge in [0.2, 0.25) is 0 Å². The molecule has 0 saturated heterocycles. The zero-order valence-electron chi connectivity index (χ0n) is 8.95. The minimum Gasteiger partial charge on any atom is -0.412 e. The number of hydrogen-bond acceptors (Lipinski definition) is 6. The van der Waals surface area contributed by atoms with Crippen LogP contribution in [0.15, 0.2) is 0 Å². The Morgan fingerprint density at radius 1 is 0.474 bits per heavy atom. The van der Waals surface area contributed by atoms with Gasteiger partial charge in [-0.05, 0) is 0 Å². The van der Waals surface area contributed by atoms with Gasteiger partial charge >= 0.3 is 20.8 Å². The largest absolute Gasteiger partial charge is 0.412 e. The minimum atomic E-state index is -4.67. The average Bonchev–Trinajstić information content (AvgIpc) is 1.12. The third-order valence-electron chi connectivity index (χ3n) is 0. The Bertz CT molecular complexity index is 220. The van der Waals surface area contributed by atoms with E-state index in [1.54, 1.807) is 0 Å². The average molecular weight is 402 g/mol. The molecule has 0 bridgehead atoms. The summed E-state index contributed by atoms with van der Waals surface area (Å²) in [5, 5.41) is 0. The molecule has 0 amide bonds. The summed E-state index contributed by atoms with van der Waals surface area (Å²) in [5.41, 5.74) is 0. The van der Waals surface area contributed by atoms with Crippen molar-refractivity contribution in [3.63, 3.8) is 0 Å². The molecule has 0 aliphatic heterocycles. The fourth-order valence-corrected chi connectivity index (χ4v) is 0. The van der Waals surface area contributed by atoms with Gasteiger partial charge < -0.3 is 45.2 Å². The predicted molar refractivity (Wildman–Crippen MR) is 60.1 cm³/mol. The summed E-state index contributed by atoms with van der Waals surface area (Å²) < 4.78 is 63.2. The second-order valence-corrected chi connectivity index (χ2v) is 2.69. The van der Waals surface area contributed by atoms with E-state index in [1.807, 2.05) is 0 Å². The van der Waals surface area contributed by atoms with Crippen LogP contribution in [0, 0.1) is 0 Å². The van der Waals surface area contributed by atoms with Crippen molar-refractivity contribution >= 4 is 20.8 Å². The smallest absolute Gasteiger partial charge is 0.394 e. The molecule has 0 saturated carbocycles. The van der Waals surface area contributed by atoms with Crippen molar-refractivity contribution in [3.8, 4) is 0 Å². The molecule has 0 spiro atoms. The summed E-state index contributed by atoms with van der Waals surface area (Å²) in [7, 11) is -9.33. The third-order valence-corrected chi connectivity index (χ3v) is 0. The molecule has 0 atom stereocenters. The van der Waals surface area contributed by atoms with Gasteiger partial charge in [0.1, 0.15) is 0 Å². The quantitative estimate of drug-likeness (QED) is 0.164. The molecular weight excluding hydrogens is 380 g/mol. The van der Waals surface area contributed by atoms with Gasteiger partial charge in [0.05, 0.1) is 0 Å². The number of rotatable bonds is 0. The molecule has 16 nitrogen and oxygen atoms in total. The Hall–Kier alpha value is -0.0605. The molecule has 19 heavy (non-hydrogen) atoms. The Labute approximate surface area is 118 Å². The van der Waals surface area contributed by atoms with Crippen molar-refractivity contribution in [2.24, 2.45) is 0 Å². The van der Waals surface area contributed by atoms with Crippen molar-refractivity contribution in [2.45, 2.75) is 0 Å². The Morgan fingerprint density at radius 2 is 0.474 bits per heavy atom. The van der Waals surface area contributed by atoms with Crippen LogP contribution in [0.3, 0.4) is 0 Å². The molecule has 139 valence electrons. The Morgan fingerprint density at radius 3 is 0.474 bits per heavy atom. The molecule has 19 heteroatoms. The molecule has 0 aliphatic rings. The summed E-state index contributed by atoms with van der Waals surface area (Å²) in [6.45, 7) is 0. The van der Waals surface area contributed by atoms with Crippen LogP contribution < -0.4 is 12.3 Å². The van der Waals surface area contributed by atoms with Crippen LogP contribution in [-0.2, 0) is 37.9 Å².